The minimum absolute atomic E-state index is 0.0424. The summed E-state index contributed by atoms with van der Waals surface area (Å²) in [6.07, 6.45) is 42.4. The van der Waals surface area contributed by atoms with Gasteiger partial charge in [0.2, 0.25) is 0 Å². The molecule has 10 heteroatoms. The van der Waals surface area contributed by atoms with Gasteiger partial charge in [0.15, 0.2) is 6.10 Å². The molecule has 0 aromatic carbocycles. The lowest BCUT2D eigenvalue weighted by Gasteiger charge is -2.28. The van der Waals surface area contributed by atoms with E-state index in [2.05, 4.69) is 74.6 Å². The summed E-state index contributed by atoms with van der Waals surface area (Å²) in [6.45, 7) is 4.09. The Hall–Kier alpha value is -2.29. The number of carbonyl (C=O) groups excluding carboxylic acids is 2. The number of hydrogen-bond donors (Lipinski definition) is 0. The van der Waals surface area contributed by atoms with Crippen LogP contribution in [0.3, 0.4) is 0 Å². The summed E-state index contributed by atoms with van der Waals surface area (Å²) in [5, 5.41) is 0. The fourth-order valence-corrected chi connectivity index (χ4v) is 5.89. The highest BCUT2D eigenvalue weighted by molar-refractivity contribution is 7.45. The molecule has 0 fully saturated rings. The molecule has 0 aromatic rings. The summed E-state index contributed by atoms with van der Waals surface area (Å²) >= 11 is 0. The molecular weight excluding hydrogens is 701 g/mol. The van der Waals surface area contributed by atoms with Gasteiger partial charge in [0, 0.05) is 12.8 Å². The number of rotatable bonds is 37. The summed E-state index contributed by atoms with van der Waals surface area (Å²) in [6, 6.07) is 0. The first-order valence-corrected chi connectivity index (χ1v) is 22.5. The average molecular weight is 780 g/mol. The van der Waals surface area contributed by atoms with E-state index in [4.69, 9.17) is 18.5 Å². The molecular formula is C44H78NO8P. The van der Waals surface area contributed by atoms with Crippen molar-refractivity contribution in [3.63, 3.8) is 0 Å². The predicted octanol–water partition coefficient (Wildman–Crippen LogP) is 11.1. The highest BCUT2D eigenvalue weighted by Crippen LogP contribution is 2.38. The number of ether oxygens (including phenoxy) is 2. The molecule has 0 aliphatic carbocycles. The average Bonchev–Trinajstić information content (AvgIpc) is 3.12. The van der Waals surface area contributed by atoms with Crippen molar-refractivity contribution in [2.45, 2.75) is 161 Å². The van der Waals surface area contributed by atoms with E-state index < -0.39 is 32.5 Å². The molecule has 0 bridgehead atoms. The molecule has 1 unspecified atom stereocenters. The number of phosphoric acid groups is 1. The second-order valence-electron chi connectivity index (χ2n) is 15.0. The van der Waals surface area contributed by atoms with Gasteiger partial charge < -0.3 is 27.9 Å². The molecule has 0 radical (unpaired) electrons. The molecule has 0 N–H and O–H groups in total. The lowest BCUT2D eigenvalue weighted by atomic mass is 10.1. The van der Waals surface area contributed by atoms with Gasteiger partial charge in [-0.2, -0.15) is 0 Å². The second kappa shape index (κ2) is 36.4. The van der Waals surface area contributed by atoms with Gasteiger partial charge in [-0.05, 0) is 83.5 Å². The second-order valence-corrected chi connectivity index (χ2v) is 16.4. The summed E-state index contributed by atoms with van der Waals surface area (Å²) in [5.41, 5.74) is 0. The van der Waals surface area contributed by atoms with Crippen LogP contribution in [0.25, 0.3) is 0 Å². The van der Waals surface area contributed by atoms with E-state index in [1.807, 2.05) is 21.1 Å². The number of esters is 2. The van der Waals surface area contributed by atoms with E-state index in [9.17, 15) is 19.0 Å². The van der Waals surface area contributed by atoms with Gasteiger partial charge in [-0.25, -0.2) is 0 Å². The largest absolute Gasteiger partial charge is 0.756 e. The van der Waals surface area contributed by atoms with Crippen LogP contribution in [-0.2, 0) is 32.7 Å². The van der Waals surface area contributed by atoms with Crippen molar-refractivity contribution >= 4 is 19.8 Å². The van der Waals surface area contributed by atoms with Crippen LogP contribution in [0.4, 0.5) is 0 Å². The number of hydrogen-bond acceptors (Lipinski definition) is 8. The van der Waals surface area contributed by atoms with E-state index >= 15 is 0 Å². The molecule has 0 saturated carbocycles. The fourth-order valence-electron chi connectivity index (χ4n) is 5.16. The van der Waals surface area contributed by atoms with Crippen LogP contribution in [0.2, 0.25) is 0 Å². The Labute approximate surface area is 330 Å². The normalized spacial score (nSPS) is 14.3. The molecule has 0 rings (SSSR count). The molecule has 0 saturated heterocycles. The predicted molar refractivity (Wildman–Crippen MR) is 222 cm³/mol. The molecule has 312 valence electrons. The zero-order valence-electron chi connectivity index (χ0n) is 34.9. The number of phosphoric ester groups is 1. The van der Waals surface area contributed by atoms with Gasteiger partial charge in [-0.3, -0.25) is 14.2 Å². The summed E-state index contributed by atoms with van der Waals surface area (Å²) < 4.78 is 33.8. The SMILES string of the molecule is CCCCC/C=C\C/C=C\C/C=C\CCCCC(=O)OC[C@H](COP(=O)([O-])OCC[N+](C)(C)C)OC(=O)CCCCCCC/C=C\C/C=C\CCCCC. The zero-order valence-corrected chi connectivity index (χ0v) is 35.8. The van der Waals surface area contributed by atoms with Crippen LogP contribution in [0.15, 0.2) is 60.8 Å². The van der Waals surface area contributed by atoms with E-state index in [0.717, 1.165) is 70.6 Å². The number of likely N-dealkylation sites (N-methyl/N-ethyl adjacent to an activating group) is 1. The quantitative estimate of drug-likeness (QED) is 0.0201. The van der Waals surface area contributed by atoms with Crippen molar-refractivity contribution in [2.24, 2.45) is 0 Å². The Kier molecular flexibility index (Phi) is 34.8. The van der Waals surface area contributed by atoms with Crippen LogP contribution in [0.5, 0.6) is 0 Å². The Morgan fingerprint density at radius 1 is 0.574 bits per heavy atom. The minimum Gasteiger partial charge on any atom is -0.756 e. The van der Waals surface area contributed by atoms with Gasteiger partial charge in [-0.1, -0.05) is 120 Å². The van der Waals surface area contributed by atoms with Gasteiger partial charge in [0.1, 0.15) is 19.8 Å². The lowest BCUT2D eigenvalue weighted by Crippen LogP contribution is -2.37. The highest BCUT2D eigenvalue weighted by atomic mass is 31.2. The van der Waals surface area contributed by atoms with Crippen LogP contribution >= 0.6 is 7.82 Å². The van der Waals surface area contributed by atoms with Crippen LogP contribution < -0.4 is 4.89 Å². The molecule has 54 heavy (non-hydrogen) atoms. The maximum Gasteiger partial charge on any atom is 0.306 e. The number of quaternary nitrogens is 1. The standard InChI is InChI=1S/C44H78NO8P/c1-6-8-10-12-14-16-18-20-22-24-26-28-30-32-34-36-43(46)50-40-42(41-52-54(48,49)51-39-38-45(3,4)5)53-44(47)37-35-33-31-29-27-25-23-21-19-17-15-13-11-9-7-2/h14-17,20-23,26,28,42H,6-13,18-19,24-25,27,29-41H2,1-5H3/b16-14-,17-15-,22-20-,23-21-,28-26-/t42-/m1/s1. The van der Waals surface area contributed by atoms with Gasteiger partial charge in [-0.15, -0.1) is 0 Å². The molecule has 0 spiro atoms. The number of allylic oxidation sites excluding steroid dienone is 10. The number of nitrogens with zero attached hydrogens (tertiary/aromatic N) is 1. The van der Waals surface area contributed by atoms with Crippen molar-refractivity contribution in [3.05, 3.63) is 60.8 Å². The van der Waals surface area contributed by atoms with Crippen LogP contribution in [-0.4, -0.2) is 70.0 Å². The molecule has 0 aliphatic rings. The third-order valence-corrected chi connectivity index (χ3v) is 9.47. The van der Waals surface area contributed by atoms with Crippen molar-refractivity contribution in [1.29, 1.82) is 0 Å². The van der Waals surface area contributed by atoms with Gasteiger partial charge in [0.05, 0.1) is 27.7 Å². The van der Waals surface area contributed by atoms with Gasteiger partial charge in [0.25, 0.3) is 7.82 Å². The maximum absolute atomic E-state index is 12.6. The summed E-state index contributed by atoms with van der Waals surface area (Å²) in [5.74, 6) is -0.901. The van der Waals surface area contributed by atoms with E-state index in [1.165, 1.54) is 44.9 Å². The molecule has 0 heterocycles. The third kappa shape index (κ3) is 39.4. The van der Waals surface area contributed by atoms with E-state index in [1.54, 1.807) is 0 Å². The topological polar surface area (TPSA) is 111 Å². The van der Waals surface area contributed by atoms with Crippen molar-refractivity contribution < 1.29 is 42.1 Å². The van der Waals surface area contributed by atoms with E-state index in [-0.39, 0.29) is 26.1 Å². The van der Waals surface area contributed by atoms with Crippen molar-refractivity contribution in [2.75, 3.05) is 47.5 Å². The van der Waals surface area contributed by atoms with E-state index in [0.29, 0.717) is 23.9 Å². The van der Waals surface area contributed by atoms with Gasteiger partial charge >= 0.3 is 11.9 Å². The summed E-state index contributed by atoms with van der Waals surface area (Å²) in [4.78, 5) is 37.4. The van der Waals surface area contributed by atoms with Crippen LogP contribution in [0.1, 0.15) is 155 Å². The Bertz CT molecular complexity index is 1110. The molecule has 0 aliphatic heterocycles. The monoisotopic (exact) mass is 780 g/mol. The summed E-state index contributed by atoms with van der Waals surface area (Å²) in [7, 11) is 1.12. The molecule has 2 atom stereocenters. The van der Waals surface area contributed by atoms with Crippen LogP contribution in [0, 0.1) is 0 Å². The smallest absolute Gasteiger partial charge is 0.306 e. The third-order valence-electron chi connectivity index (χ3n) is 8.51. The molecule has 9 nitrogen and oxygen atoms in total. The van der Waals surface area contributed by atoms with Crippen molar-refractivity contribution in [1.82, 2.24) is 0 Å². The first-order chi connectivity index (χ1) is 26.0. The fraction of sp³-hybridized carbons (Fsp3) is 0.727. The maximum atomic E-state index is 12.6. The Morgan fingerprint density at radius 2 is 1.00 bits per heavy atom. The Balaban J connectivity index is 4.50. The zero-order chi connectivity index (χ0) is 40.0. The first-order valence-electron chi connectivity index (χ1n) is 21.0. The Morgan fingerprint density at radius 3 is 1.52 bits per heavy atom. The number of carbonyl (C=O) groups is 2. The number of unbranched alkanes of at least 4 members (excludes halogenated alkanes) is 13. The highest BCUT2D eigenvalue weighted by Gasteiger charge is 2.21. The lowest BCUT2D eigenvalue weighted by molar-refractivity contribution is -0.870. The molecule has 0 amide bonds. The first kappa shape index (κ1) is 51.7. The van der Waals surface area contributed by atoms with Crippen molar-refractivity contribution in [3.8, 4) is 0 Å². The minimum atomic E-state index is -4.64. The molecule has 0 aromatic heterocycles.